The van der Waals surface area contributed by atoms with Gasteiger partial charge in [0.1, 0.15) is 5.75 Å². The maximum atomic E-state index is 12.4. The Labute approximate surface area is 237 Å². The van der Waals surface area contributed by atoms with Crippen LogP contribution in [0.3, 0.4) is 0 Å². The van der Waals surface area contributed by atoms with Gasteiger partial charge in [0.25, 0.3) is 11.8 Å². The highest BCUT2D eigenvalue weighted by Crippen LogP contribution is 2.24. The molecule has 4 aromatic rings. The fraction of sp³-hybridized carbons (Fsp3) is 0.129. The van der Waals surface area contributed by atoms with E-state index >= 15 is 0 Å². The zero-order chi connectivity index (χ0) is 27.3. The topological polar surface area (TPSA) is 79.8 Å². The molecular weight excluding hydrogens is 530 g/mol. The van der Waals surface area contributed by atoms with E-state index in [0.29, 0.717) is 17.9 Å². The number of rotatable bonds is 12. The number of nitrogens with one attached hydrogen (secondary N) is 2. The summed E-state index contributed by atoms with van der Waals surface area (Å²) in [6.07, 6.45) is 2.32. The van der Waals surface area contributed by atoms with Crippen molar-refractivity contribution in [2.24, 2.45) is 5.10 Å². The van der Waals surface area contributed by atoms with Crippen molar-refractivity contribution < 1.29 is 14.3 Å². The van der Waals surface area contributed by atoms with Crippen LogP contribution in [0.5, 0.6) is 5.75 Å². The van der Waals surface area contributed by atoms with E-state index in [1.807, 2.05) is 66.7 Å². The van der Waals surface area contributed by atoms with E-state index in [4.69, 9.17) is 16.3 Å². The van der Waals surface area contributed by atoms with E-state index in [-0.39, 0.29) is 18.4 Å². The Morgan fingerprint density at radius 3 is 2.28 bits per heavy atom. The summed E-state index contributed by atoms with van der Waals surface area (Å²) < 4.78 is 5.55. The lowest BCUT2D eigenvalue weighted by atomic mass is 10.1. The summed E-state index contributed by atoms with van der Waals surface area (Å²) in [5.41, 5.74) is 6.14. The summed E-state index contributed by atoms with van der Waals surface area (Å²) in [6, 6.07) is 32.2. The number of amides is 2. The Bertz CT molecular complexity index is 1380. The van der Waals surface area contributed by atoms with Gasteiger partial charge >= 0.3 is 0 Å². The second-order valence-electron chi connectivity index (χ2n) is 8.58. The van der Waals surface area contributed by atoms with Gasteiger partial charge in [-0.15, -0.1) is 11.8 Å². The summed E-state index contributed by atoms with van der Waals surface area (Å²) >= 11 is 7.63. The summed E-state index contributed by atoms with van der Waals surface area (Å²) in [5, 5.41) is 7.61. The first kappa shape index (κ1) is 28.0. The molecule has 0 saturated carbocycles. The van der Waals surface area contributed by atoms with Crippen LogP contribution in [-0.4, -0.2) is 31.2 Å². The van der Waals surface area contributed by atoms with E-state index in [1.54, 1.807) is 54.4 Å². The molecule has 2 N–H and O–H groups in total. The minimum Gasteiger partial charge on any atom is -0.484 e. The lowest BCUT2D eigenvalue weighted by Crippen LogP contribution is -2.30. The van der Waals surface area contributed by atoms with Crippen molar-refractivity contribution in [3.63, 3.8) is 0 Å². The highest BCUT2D eigenvalue weighted by Gasteiger charge is 2.05. The molecule has 0 unspecified atom stereocenters. The van der Waals surface area contributed by atoms with Gasteiger partial charge in [-0.1, -0.05) is 54.1 Å². The molecule has 6 nitrogen and oxygen atoms in total. The summed E-state index contributed by atoms with van der Waals surface area (Å²) in [4.78, 5) is 25.6. The largest absolute Gasteiger partial charge is 0.484 e. The lowest BCUT2D eigenvalue weighted by molar-refractivity contribution is -0.123. The summed E-state index contributed by atoms with van der Waals surface area (Å²) in [7, 11) is 0. The lowest BCUT2D eigenvalue weighted by Gasteiger charge is -2.08. The highest BCUT2D eigenvalue weighted by molar-refractivity contribution is 7.98. The van der Waals surface area contributed by atoms with Crippen LogP contribution >= 0.6 is 23.4 Å². The smallest absolute Gasteiger partial charge is 0.271 e. The molecule has 0 aliphatic carbocycles. The molecule has 0 spiro atoms. The standard InChI is InChI=1S/C31H28ClN3O3S/c32-27-12-16-29(17-13-27)39-22-25-6-10-26(11-7-25)31(37)35-34-20-24-8-14-28(15-9-24)38-21-30(36)33-19-18-23-4-2-1-3-5-23/h1-17,20H,18-19,21-22H2,(H,33,36)(H,35,37)/b34-20-. The fourth-order valence-electron chi connectivity index (χ4n) is 3.52. The average molecular weight is 558 g/mol. The van der Waals surface area contributed by atoms with Crippen molar-refractivity contribution in [3.8, 4) is 5.75 Å². The first-order valence-corrected chi connectivity index (χ1v) is 13.8. The summed E-state index contributed by atoms with van der Waals surface area (Å²) in [6.45, 7) is 0.498. The fourth-order valence-corrected chi connectivity index (χ4v) is 4.50. The maximum absolute atomic E-state index is 12.4. The molecule has 0 fully saturated rings. The number of thioether (sulfide) groups is 1. The van der Waals surface area contributed by atoms with Gasteiger partial charge in [0.05, 0.1) is 6.21 Å². The number of hydrogen-bond acceptors (Lipinski definition) is 5. The van der Waals surface area contributed by atoms with Gasteiger partial charge in [-0.3, -0.25) is 9.59 Å². The number of halogens is 1. The van der Waals surface area contributed by atoms with Crippen LogP contribution in [-0.2, 0) is 17.0 Å². The Hall–Kier alpha value is -4.07. The molecule has 39 heavy (non-hydrogen) atoms. The minimum absolute atomic E-state index is 0.0586. The van der Waals surface area contributed by atoms with Gasteiger partial charge in [0, 0.05) is 27.8 Å². The van der Waals surface area contributed by atoms with Crippen molar-refractivity contribution in [3.05, 3.63) is 130 Å². The molecule has 0 radical (unpaired) electrons. The molecule has 0 aliphatic heterocycles. The predicted octanol–water partition coefficient (Wildman–Crippen LogP) is 6.13. The van der Waals surface area contributed by atoms with E-state index in [0.717, 1.165) is 33.2 Å². The van der Waals surface area contributed by atoms with Gasteiger partial charge in [-0.05, 0) is 83.8 Å². The van der Waals surface area contributed by atoms with Crippen molar-refractivity contribution >= 4 is 41.4 Å². The normalized spacial score (nSPS) is 10.8. The quantitative estimate of drug-likeness (QED) is 0.125. The van der Waals surface area contributed by atoms with E-state index in [9.17, 15) is 9.59 Å². The SMILES string of the molecule is O=C(COc1ccc(/C=N\NC(=O)c2ccc(CSc3ccc(Cl)cc3)cc2)cc1)NCCc1ccccc1. The molecule has 4 rings (SSSR count). The number of hydrazone groups is 1. The number of carbonyl (C=O) groups excluding carboxylic acids is 2. The molecule has 8 heteroatoms. The molecule has 2 amide bonds. The highest BCUT2D eigenvalue weighted by atomic mass is 35.5. The van der Waals surface area contributed by atoms with Crippen LogP contribution < -0.4 is 15.5 Å². The molecule has 0 aromatic heterocycles. The third-order valence-electron chi connectivity index (χ3n) is 5.64. The van der Waals surface area contributed by atoms with Crippen molar-refractivity contribution in [2.75, 3.05) is 13.2 Å². The monoisotopic (exact) mass is 557 g/mol. The molecule has 0 aliphatic rings. The van der Waals surface area contributed by atoms with E-state index < -0.39 is 0 Å². The first-order valence-electron chi connectivity index (χ1n) is 12.4. The van der Waals surface area contributed by atoms with E-state index in [1.165, 1.54) is 5.56 Å². The van der Waals surface area contributed by atoms with Crippen LogP contribution in [0.15, 0.2) is 113 Å². The first-order chi connectivity index (χ1) is 19.0. The Balaban J connectivity index is 1.15. The number of nitrogens with zero attached hydrogens (tertiary/aromatic N) is 1. The molecule has 0 heterocycles. The van der Waals surface area contributed by atoms with Gasteiger partial charge in [0.2, 0.25) is 0 Å². The average Bonchev–Trinajstić information content (AvgIpc) is 2.97. The zero-order valence-electron chi connectivity index (χ0n) is 21.2. The molecule has 198 valence electrons. The molecular formula is C31H28ClN3O3S. The Morgan fingerprint density at radius 2 is 1.56 bits per heavy atom. The predicted molar refractivity (Wildman–Crippen MR) is 158 cm³/mol. The van der Waals surface area contributed by atoms with Crippen molar-refractivity contribution in [1.82, 2.24) is 10.7 Å². The van der Waals surface area contributed by atoms with Crippen LogP contribution in [0.1, 0.15) is 27.0 Å². The number of ether oxygens (including phenoxy) is 1. The zero-order valence-corrected chi connectivity index (χ0v) is 22.8. The van der Waals surface area contributed by atoms with Gasteiger partial charge < -0.3 is 10.1 Å². The van der Waals surface area contributed by atoms with E-state index in [2.05, 4.69) is 15.8 Å². The van der Waals surface area contributed by atoms with Crippen LogP contribution in [0.2, 0.25) is 5.02 Å². The molecule has 4 aromatic carbocycles. The van der Waals surface area contributed by atoms with Crippen LogP contribution in [0.4, 0.5) is 0 Å². The molecule has 0 bridgehead atoms. The second kappa shape index (κ2) is 14.8. The molecule has 0 saturated heterocycles. The maximum Gasteiger partial charge on any atom is 0.271 e. The number of benzene rings is 4. The van der Waals surface area contributed by atoms with Gasteiger partial charge in [-0.2, -0.15) is 5.10 Å². The second-order valence-corrected chi connectivity index (χ2v) is 10.1. The molecule has 0 atom stereocenters. The summed E-state index contributed by atoms with van der Waals surface area (Å²) in [5.74, 6) is 0.901. The van der Waals surface area contributed by atoms with Crippen LogP contribution in [0, 0.1) is 0 Å². The van der Waals surface area contributed by atoms with Crippen molar-refractivity contribution in [1.29, 1.82) is 0 Å². The van der Waals surface area contributed by atoms with Gasteiger partial charge in [0.15, 0.2) is 6.61 Å². The van der Waals surface area contributed by atoms with Crippen LogP contribution in [0.25, 0.3) is 0 Å². The third-order valence-corrected chi connectivity index (χ3v) is 6.98. The van der Waals surface area contributed by atoms with Crippen molar-refractivity contribution in [2.45, 2.75) is 17.1 Å². The van der Waals surface area contributed by atoms with Gasteiger partial charge in [-0.25, -0.2) is 5.43 Å². The third kappa shape index (κ3) is 9.63. The Kier molecular flexibility index (Phi) is 10.6. The Morgan fingerprint density at radius 1 is 0.846 bits per heavy atom. The minimum atomic E-state index is -0.290. The number of hydrogen-bond donors (Lipinski definition) is 2. The number of carbonyl (C=O) groups is 2.